The third-order valence-corrected chi connectivity index (χ3v) is 4.20. The fourth-order valence-electron chi connectivity index (χ4n) is 2.03. The van der Waals surface area contributed by atoms with Crippen molar-refractivity contribution >= 4 is 34.6 Å². The molecule has 0 saturated heterocycles. The second-order valence-electron chi connectivity index (χ2n) is 4.09. The number of aliphatic hydroxyl groups is 1. The molecule has 2 N–H and O–H groups in total. The van der Waals surface area contributed by atoms with E-state index in [1.165, 1.54) is 0 Å². The van der Waals surface area contributed by atoms with Gasteiger partial charge in [0.1, 0.15) is 6.10 Å². The molecule has 18 heavy (non-hydrogen) atoms. The zero-order valence-corrected chi connectivity index (χ0v) is 11.2. The SMILES string of the molecule is OC(Cn1c(=S)[nH]c2ccccc21)c1cccs1. The van der Waals surface area contributed by atoms with E-state index in [1.54, 1.807) is 11.3 Å². The molecule has 2 heterocycles. The number of hydrogen-bond acceptors (Lipinski definition) is 3. The number of nitrogens with one attached hydrogen (secondary N) is 1. The van der Waals surface area contributed by atoms with Crippen LogP contribution in [0.5, 0.6) is 0 Å². The summed E-state index contributed by atoms with van der Waals surface area (Å²) in [5.41, 5.74) is 2.03. The first-order chi connectivity index (χ1) is 8.75. The van der Waals surface area contributed by atoms with Crippen molar-refractivity contribution in [3.63, 3.8) is 0 Å². The number of benzene rings is 1. The Labute approximate surface area is 113 Å². The zero-order valence-electron chi connectivity index (χ0n) is 9.54. The first-order valence-corrected chi connectivity index (χ1v) is 6.93. The first-order valence-electron chi connectivity index (χ1n) is 5.65. The van der Waals surface area contributed by atoms with Gasteiger partial charge in [0.2, 0.25) is 0 Å². The Morgan fingerprint density at radius 1 is 1.28 bits per heavy atom. The highest BCUT2D eigenvalue weighted by atomic mass is 32.1. The summed E-state index contributed by atoms with van der Waals surface area (Å²) >= 11 is 6.86. The molecule has 0 aliphatic rings. The van der Waals surface area contributed by atoms with Gasteiger partial charge in [-0.3, -0.25) is 0 Å². The molecule has 0 saturated carbocycles. The molecule has 0 fully saturated rings. The summed E-state index contributed by atoms with van der Waals surface area (Å²) in [6.45, 7) is 0.476. The van der Waals surface area contributed by atoms with Crippen molar-refractivity contribution in [3.05, 3.63) is 51.4 Å². The molecule has 0 spiro atoms. The topological polar surface area (TPSA) is 41.0 Å². The number of H-pyrrole nitrogens is 1. The molecular weight excluding hydrogens is 264 g/mol. The molecule has 3 rings (SSSR count). The van der Waals surface area contributed by atoms with Crippen LogP contribution in [0.1, 0.15) is 11.0 Å². The molecule has 0 amide bonds. The lowest BCUT2D eigenvalue weighted by molar-refractivity contribution is 0.161. The average Bonchev–Trinajstić information content (AvgIpc) is 2.98. The Morgan fingerprint density at radius 2 is 2.11 bits per heavy atom. The van der Waals surface area contributed by atoms with Crippen molar-refractivity contribution < 1.29 is 5.11 Å². The smallest absolute Gasteiger partial charge is 0.178 e. The lowest BCUT2D eigenvalue weighted by Crippen LogP contribution is -2.07. The molecular formula is C13H12N2OS2. The molecule has 1 atom stereocenters. The highest BCUT2D eigenvalue weighted by Gasteiger charge is 2.12. The van der Waals surface area contributed by atoms with E-state index in [4.69, 9.17) is 12.2 Å². The minimum Gasteiger partial charge on any atom is -0.386 e. The maximum atomic E-state index is 10.2. The number of aliphatic hydroxyl groups excluding tert-OH is 1. The standard InChI is InChI=1S/C13H12N2OS2/c16-11(12-6-3-7-18-12)8-15-10-5-2-1-4-9(10)14-13(15)17/h1-7,11,16H,8H2,(H,14,17). The van der Waals surface area contributed by atoms with Crippen LogP contribution in [-0.2, 0) is 6.54 Å². The monoisotopic (exact) mass is 276 g/mol. The maximum Gasteiger partial charge on any atom is 0.178 e. The molecule has 0 radical (unpaired) electrons. The molecule has 1 unspecified atom stereocenters. The van der Waals surface area contributed by atoms with Gasteiger partial charge in [-0.25, -0.2) is 0 Å². The van der Waals surface area contributed by atoms with E-state index in [2.05, 4.69) is 4.98 Å². The van der Waals surface area contributed by atoms with Crippen molar-refractivity contribution in [2.75, 3.05) is 0 Å². The van der Waals surface area contributed by atoms with Gasteiger partial charge in [0.15, 0.2) is 4.77 Å². The predicted octanol–water partition coefficient (Wildman–Crippen LogP) is 3.49. The van der Waals surface area contributed by atoms with Crippen LogP contribution in [-0.4, -0.2) is 14.7 Å². The van der Waals surface area contributed by atoms with Crippen LogP contribution in [0.25, 0.3) is 11.0 Å². The van der Waals surface area contributed by atoms with E-state index in [1.807, 2.05) is 46.3 Å². The number of hydrogen-bond donors (Lipinski definition) is 2. The Morgan fingerprint density at radius 3 is 2.89 bits per heavy atom. The van der Waals surface area contributed by atoms with E-state index >= 15 is 0 Å². The Hall–Kier alpha value is -1.43. The van der Waals surface area contributed by atoms with Gasteiger partial charge in [0.05, 0.1) is 17.6 Å². The van der Waals surface area contributed by atoms with E-state index in [0.29, 0.717) is 11.3 Å². The normalized spacial score (nSPS) is 12.9. The largest absolute Gasteiger partial charge is 0.386 e. The summed E-state index contributed by atoms with van der Waals surface area (Å²) in [6, 6.07) is 11.8. The van der Waals surface area contributed by atoms with Crippen LogP contribution in [0.15, 0.2) is 41.8 Å². The van der Waals surface area contributed by atoms with Crippen LogP contribution in [0.2, 0.25) is 0 Å². The lowest BCUT2D eigenvalue weighted by Gasteiger charge is -2.10. The predicted molar refractivity (Wildman–Crippen MR) is 76.4 cm³/mol. The third kappa shape index (κ3) is 2.01. The summed E-state index contributed by atoms with van der Waals surface area (Å²) in [5.74, 6) is 0. The molecule has 2 aromatic heterocycles. The first kappa shape index (κ1) is 11.6. The minimum atomic E-state index is -0.518. The second-order valence-corrected chi connectivity index (χ2v) is 5.46. The van der Waals surface area contributed by atoms with Crippen LogP contribution in [0.3, 0.4) is 0 Å². The van der Waals surface area contributed by atoms with E-state index in [0.717, 1.165) is 15.9 Å². The molecule has 3 aromatic rings. The minimum absolute atomic E-state index is 0.476. The number of thiophene rings is 1. The van der Waals surface area contributed by atoms with Crippen LogP contribution < -0.4 is 0 Å². The van der Waals surface area contributed by atoms with E-state index in [9.17, 15) is 5.11 Å². The third-order valence-electron chi connectivity index (χ3n) is 2.91. The summed E-state index contributed by atoms with van der Waals surface area (Å²) in [7, 11) is 0. The van der Waals surface area contributed by atoms with Gasteiger partial charge in [-0.1, -0.05) is 18.2 Å². The Kier molecular flexibility index (Phi) is 3.03. The highest BCUT2D eigenvalue weighted by Crippen LogP contribution is 2.22. The quantitative estimate of drug-likeness (QED) is 0.719. The highest BCUT2D eigenvalue weighted by molar-refractivity contribution is 7.71. The summed E-state index contributed by atoms with van der Waals surface area (Å²) in [6.07, 6.45) is -0.518. The number of aromatic amines is 1. The molecule has 0 bridgehead atoms. The number of para-hydroxylation sites is 2. The fraction of sp³-hybridized carbons (Fsp3) is 0.154. The van der Waals surface area contributed by atoms with Crippen LogP contribution in [0, 0.1) is 4.77 Å². The number of nitrogens with zero attached hydrogens (tertiary/aromatic N) is 1. The number of fused-ring (bicyclic) bond motifs is 1. The summed E-state index contributed by atoms with van der Waals surface area (Å²) < 4.78 is 2.58. The van der Waals surface area contributed by atoms with Crippen molar-refractivity contribution in [1.82, 2.24) is 9.55 Å². The van der Waals surface area contributed by atoms with E-state index < -0.39 is 6.10 Å². The molecule has 0 aliphatic carbocycles. The van der Waals surface area contributed by atoms with Gasteiger partial charge in [-0.05, 0) is 35.8 Å². The van der Waals surface area contributed by atoms with Gasteiger partial charge in [-0.2, -0.15) is 0 Å². The van der Waals surface area contributed by atoms with Crippen molar-refractivity contribution in [3.8, 4) is 0 Å². The van der Waals surface area contributed by atoms with E-state index in [-0.39, 0.29) is 0 Å². The van der Waals surface area contributed by atoms with Crippen molar-refractivity contribution in [1.29, 1.82) is 0 Å². The van der Waals surface area contributed by atoms with Crippen LogP contribution in [0.4, 0.5) is 0 Å². The van der Waals surface area contributed by atoms with Crippen LogP contribution >= 0.6 is 23.6 Å². The van der Waals surface area contributed by atoms with Gasteiger partial charge < -0.3 is 14.7 Å². The number of aromatic nitrogens is 2. The second kappa shape index (κ2) is 4.68. The fourth-order valence-corrected chi connectivity index (χ4v) is 3.02. The number of rotatable bonds is 3. The van der Waals surface area contributed by atoms with Gasteiger partial charge in [0.25, 0.3) is 0 Å². The molecule has 92 valence electrons. The summed E-state index contributed by atoms with van der Waals surface area (Å²) in [4.78, 5) is 4.11. The molecule has 5 heteroatoms. The zero-order chi connectivity index (χ0) is 12.5. The van der Waals surface area contributed by atoms with Crippen molar-refractivity contribution in [2.24, 2.45) is 0 Å². The van der Waals surface area contributed by atoms with Gasteiger partial charge in [-0.15, -0.1) is 11.3 Å². The molecule has 0 aliphatic heterocycles. The molecule has 1 aromatic carbocycles. The Bertz CT molecular complexity index is 712. The Balaban J connectivity index is 2.00. The molecule has 3 nitrogen and oxygen atoms in total. The maximum absolute atomic E-state index is 10.2. The van der Waals surface area contributed by atoms with Crippen molar-refractivity contribution in [2.45, 2.75) is 12.6 Å². The lowest BCUT2D eigenvalue weighted by atomic mass is 10.2. The van der Waals surface area contributed by atoms with Gasteiger partial charge in [0, 0.05) is 4.88 Å². The summed E-state index contributed by atoms with van der Waals surface area (Å²) in [5, 5.41) is 12.2. The van der Waals surface area contributed by atoms with Gasteiger partial charge >= 0.3 is 0 Å². The average molecular weight is 276 g/mol. The number of imidazole rings is 1.